The molecule has 2 heterocycles. The van der Waals surface area contributed by atoms with Crippen LogP contribution < -0.4 is 10.1 Å². The summed E-state index contributed by atoms with van der Waals surface area (Å²) in [6.45, 7) is 0. The number of ether oxygens (including phenoxy) is 1. The number of amides is 1. The molecule has 1 aromatic carbocycles. The van der Waals surface area contributed by atoms with Gasteiger partial charge in [-0.3, -0.25) is 4.79 Å². The van der Waals surface area contributed by atoms with Crippen LogP contribution >= 0.6 is 11.6 Å². The first-order valence-corrected chi connectivity index (χ1v) is 7.08. The van der Waals surface area contributed by atoms with Gasteiger partial charge in [-0.25, -0.2) is 4.98 Å². The second-order valence-electron chi connectivity index (χ2n) is 4.60. The van der Waals surface area contributed by atoms with Gasteiger partial charge in [0.1, 0.15) is 0 Å². The van der Waals surface area contributed by atoms with Crippen molar-refractivity contribution in [2.75, 3.05) is 12.4 Å². The Hall–Kier alpha value is -2.86. The number of hydrogen-bond acceptors (Lipinski definition) is 5. The number of halogens is 1. The number of aromatic nitrogens is 2. The van der Waals surface area contributed by atoms with E-state index in [1.807, 2.05) is 12.1 Å². The third-order valence-electron chi connectivity index (χ3n) is 3.09. The van der Waals surface area contributed by atoms with Crippen LogP contribution in [-0.4, -0.2) is 23.2 Å². The zero-order valence-corrected chi connectivity index (χ0v) is 12.9. The van der Waals surface area contributed by atoms with Crippen molar-refractivity contribution in [3.05, 3.63) is 59.4 Å². The number of anilines is 1. The summed E-state index contributed by atoms with van der Waals surface area (Å²) in [7, 11) is 1.52. The molecular formula is C16H12ClN3O3. The van der Waals surface area contributed by atoms with Crippen LogP contribution in [0.3, 0.4) is 0 Å². The van der Waals surface area contributed by atoms with E-state index < -0.39 is 5.91 Å². The second-order valence-corrected chi connectivity index (χ2v) is 5.01. The quantitative estimate of drug-likeness (QED) is 0.790. The SMILES string of the molecule is COc1ccc(NC(=O)c2cc(-c3ccccc3Cl)on2)cn1. The minimum absolute atomic E-state index is 0.149. The Labute approximate surface area is 137 Å². The van der Waals surface area contributed by atoms with Crippen molar-refractivity contribution in [3.8, 4) is 17.2 Å². The molecule has 116 valence electrons. The van der Waals surface area contributed by atoms with Gasteiger partial charge in [-0.1, -0.05) is 28.9 Å². The Kier molecular flexibility index (Phi) is 4.25. The van der Waals surface area contributed by atoms with E-state index in [0.29, 0.717) is 27.9 Å². The monoisotopic (exact) mass is 329 g/mol. The first kappa shape index (κ1) is 15.1. The first-order chi connectivity index (χ1) is 11.2. The van der Waals surface area contributed by atoms with Gasteiger partial charge >= 0.3 is 0 Å². The minimum atomic E-state index is -0.404. The highest BCUT2D eigenvalue weighted by molar-refractivity contribution is 6.33. The highest BCUT2D eigenvalue weighted by atomic mass is 35.5. The van der Waals surface area contributed by atoms with Crippen LogP contribution in [0.2, 0.25) is 5.02 Å². The van der Waals surface area contributed by atoms with Gasteiger partial charge in [0.05, 0.1) is 24.0 Å². The predicted molar refractivity (Wildman–Crippen MR) is 85.7 cm³/mol. The van der Waals surface area contributed by atoms with E-state index in [0.717, 1.165) is 0 Å². The molecule has 0 fully saturated rings. The molecule has 0 saturated heterocycles. The fourth-order valence-electron chi connectivity index (χ4n) is 1.94. The highest BCUT2D eigenvalue weighted by Gasteiger charge is 2.15. The van der Waals surface area contributed by atoms with Crippen molar-refractivity contribution in [2.24, 2.45) is 0 Å². The van der Waals surface area contributed by atoms with Gasteiger partial charge in [0.25, 0.3) is 5.91 Å². The first-order valence-electron chi connectivity index (χ1n) is 6.70. The number of nitrogens with zero attached hydrogens (tertiary/aromatic N) is 2. The Morgan fingerprint density at radius 3 is 2.78 bits per heavy atom. The summed E-state index contributed by atoms with van der Waals surface area (Å²) in [5.41, 5.74) is 1.35. The van der Waals surface area contributed by atoms with E-state index in [2.05, 4.69) is 15.5 Å². The van der Waals surface area contributed by atoms with Crippen LogP contribution in [0.4, 0.5) is 5.69 Å². The van der Waals surface area contributed by atoms with Crippen molar-refractivity contribution in [2.45, 2.75) is 0 Å². The van der Waals surface area contributed by atoms with Crippen molar-refractivity contribution >= 4 is 23.2 Å². The number of carbonyl (C=O) groups excluding carboxylic acids is 1. The summed E-state index contributed by atoms with van der Waals surface area (Å²) in [6.07, 6.45) is 1.49. The number of methoxy groups -OCH3 is 1. The van der Waals surface area contributed by atoms with Gasteiger partial charge in [0.15, 0.2) is 11.5 Å². The molecule has 0 aliphatic heterocycles. The molecule has 1 amide bonds. The molecule has 0 atom stereocenters. The van der Waals surface area contributed by atoms with Gasteiger partial charge in [0, 0.05) is 17.7 Å². The summed E-state index contributed by atoms with van der Waals surface area (Å²) in [4.78, 5) is 16.2. The third-order valence-corrected chi connectivity index (χ3v) is 3.42. The molecule has 0 unspecified atom stereocenters. The molecule has 1 N–H and O–H groups in total. The fraction of sp³-hybridized carbons (Fsp3) is 0.0625. The molecule has 0 bridgehead atoms. The maximum atomic E-state index is 12.2. The van der Waals surface area contributed by atoms with Crippen LogP contribution in [-0.2, 0) is 0 Å². The van der Waals surface area contributed by atoms with Gasteiger partial charge in [0.2, 0.25) is 5.88 Å². The second kappa shape index (κ2) is 6.50. The molecule has 6 nitrogen and oxygen atoms in total. The smallest absolute Gasteiger partial charge is 0.277 e. The van der Waals surface area contributed by atoms with Gasteiger partial charge in [-0.05, 0) is 18.2 Å². The lowest BCUT2D eigenvalue weighted by Crippen LogP contribution is -2.12. The van der Waals surface area contributed by atoms with E-state index in [1.54, 1.807) is 24.3 Å². The van der Waals surface area contributed by atoms with Crippen LogP contribution in [0, 0.1) is 0 Å². The van der Waals surface area contributed by atoms with Crippen LogP contribution in [0.5, 0.6) is 5.88 Å². The molecule has 3 rings (SSSR count). The Balaban J connectivity index is 1.77. The predicted octanol–water partition coefficient (Wildman–Crippen LogP) is 3.65. The van der Waals surface area contributed by atoms with E-state index in [1.165, 1.54) is 19.4 Å². The lowest BCUT2D eigenvalue weighted by molar-refractivity contribution is 0.101. The topological polar surface area (TPSA) is 77.2 Å². The molecular weight excluding hydrogens is 318 g/mol. The fourth-order valence-corrected chi connectivity index (χ4v) is 2.17. The zero-order valence-electron chi connectivity index (χ0n) is 12.1. The lowest BCUT2D eigenvalue weighted by atomic mass is 10.1. The summed E-state index contributed by atoms with van der Waals surface area (Å²) in [6, 6.07) is 12.0. The summed E-state index contributed by atoms with van der Waals surface area (Å²) < 4.78 is 10.2. The van der Waals surface area contributed by atoms with Crippen molar-refractivity contribution in [3.63, 3.8) is 0 Å². The molecule has 7 heteroatoms. The molecule has 0 radical (unpaired) electrons. The lowest BCUT2D eigenvalue weighted by Gasteiger charge is -2.03. The Morgan fingerprint density at radius 1 is 1.26 bits per heavy atom. The summed E-state index contributed by atoms with van der Waals surface area (Å²) in [5.74, 6) is 0.484. The molecule has 0 aliphatic carbocycles. The number of nitrogens with one attached hydrogen (secondary N) is 1. The van der Waals surface area contributed by atoms with Gasteiger partial charge in [-0.2, -0.15) is 0 Å². The molecule has 0 aliphatic rings. The number of benzene rings is 1. The molecule has 0 saturated carbocycles. The Bertz CT molecular complexity index is 831. The molecule has 0 spiro atoms. The molecule has 2 aromatic heterocycles. The van der Waals surface area contributed by atoms with E-state index in [4.69, 9.17) is 20.9 Å². The van der Waals surface area contributed by atoms with Crippen LogP contribution in [0.15, 0.2) is 53.2 Å². The molecule has 3 aromatic rings. The van der Waals surface area contributed by atoms with Crippen molar-refractivity contribution in [1.82, 2.24) is 10.1 Å². The number of rotatable bonds is 4. The van der Waals surface area contributed by atoms with Crippen LogP contribution in [0.1, 0.15) is 10.5 Å². The maximum Gasteiger partial charge on any atom is 0.277 e. The van der Waals surface area contributed by atoms with E-state index in [9.17, 15) is 4.79 Å². The van der Waals surface area contributed by atoms with E-state index >= 15 is 0 Å². The number of pyridine rings is 1. The summed E-state index contributed by atoms with van der Waals surface area (Å²) >= 11 is 6.10. The average Bonchev–Trinajstić information content (AvgIpc) is 3.06. The van der Waals surface area contributed by atoms with E-state index in [-0.39, 0.29) is 5.69 Å². The summed E-state index contributed by atoms with van der Waals surface area (Å²) in [5, 5.41) is 6.97. The Morgan fingerprint density at radius 2 is 2.09 bits per heavy atom. The maximum absolute atomic E-state index is 12.2. The van der Waals surface area contributed by atoms with Crippen molar-refractivity contribution < 1.29 is 14.1 Å². The van der Waals surface area contributed by atoms with Gasteiger partial charge < -0.3 is 14.6 Å². The molecule has 23 heavy (non-hydrogen) atoms. The third kappa shape index (κ3) is 3.32. The largest absolute Gasteiger partial charge is 0.481 e. The normalized spacial score (nSPS) is 10.3. The standard InChI is InChI=1S/C16H12ClN3O3/c1-22-15-7-6-10(9-18-15)19-16(21)13-8-14(23-20-13)11-4-2-3-5-12(11)17/h2-9H,1H3,(H,19,21). The minimum Gasteiger partial charge on any atom is -0.481 e. The average molecular weight is 330 g/mol. The van der Waals surface area contributed by atoms with Gasteiger partial charge in [-0.15, -0.1) is 0 Å². The highest BCUT2D eigenvalue weighted by Crippen LogP contribution is 2.28. The van der Waals surface area contributed by atoms with Crippen LogP contribution in [0.25, 0.3) is 11.3 Å². The number of carbonyl (C=O) groups is 1. The number of hydrogen-bond donors (Lipinski definition) is 1. The zero-order chi connectivity index (χ0) is 16.2. The van der Waals surface area contributed by atoms with Crippen molar-refractivity contribution in [1.29, 1.82) is 0 Å².